The Balaban J connectivity index is 1.67. The molecule has 142 valence electrons. The van der Waals surface area contributed by atoms with E-state index in [1.165, 1.54) is 13.5 Å². The van der Waals surface area contributed by atoms with Gasteiger partial charge in [-0.15, -0.1) is 0 Å². The summed E-state index contributed by atoms with van der Waals surface area (Å²) in [7, 11) is -3.70. The molecule has 25 heavy (non-hydrogen) atoms. The molecule has 9 nitrogen and oxygen atoms in total. The Hall–Kier alpha value is -1.23. The Bertz CT molecular complexity index is 656. The number of likely N-dealkylation sites (tertiary alicyclic amines) is 1. The number of amides is 1. The molecule has 10 heteroatoms. The van der Waals surface area contributed by atoms with E-state index in [1.54, 1.807) is 6.92 Å². The van der Waals surface area contributed by atoms with Crippen LogP contribution in [0.2, 0.25) is 0 Å². The molecule has 1 amide bonds. The molecule has 0 spiro atoms. The molecule has 3 aliphatic heterocycles. The molecular formula is C15H25N3O6S. The predicted octanol–water partition coefficient (Wildman–Crippen LogP) is -0.915. The third-order valence-corrected chi connectivity index (χ3v) is 7.14. The Labute approximate surface area is 147 Å². The number of carboxylic acid groups (broad SMARTS) is 1. The number of nitrogens with zero attached hydrogens (tertiary/aromatic N) is 3. The van der Waals surface area contributed by atoms with Crippen LogP contribution in [0.15, 0.2) is 0 Å². The molecule has 3 heterocycles. The largest absolute Gasteiger partial charge is 0.480 e. The van der Waals surface area contributed by atoms with Crippen molar-refractivity contribution in [2.75, 3.05) is 32.7 Å². The van der Waals surface area contributed by atoms with Gasteiger partial charge in [0.05, 0.1) is 11.5 Å². The van der Waals surface area contributed by atoms with Gasteiger partial charge in [0.2, 0.25) is 5.91 Å². The van der Waals surface area contributed by atoms with Gasteiger partial charge >= 0.3 is 5.97 Å². The number of hydrogen-bond acceptors (Lipinski definition) is 5. The van der Waals surface area contributed by atoms with E-state index >= 15 is 0 Å². The lowest BCUT2D eigenvalue weighted by Crippen LogP contribution is -2.65. The van der Waals surface area contributed by atoms with Crippen molar-refractivity contribution in [2.45, 2.75) is 44.2 Å². The third kappa shape index (κ3) is 3.53. The molecule has 3 saturated heterocycles. The van der Waals surface area contributed by atoms with Gasteiger partial charge in [-0.3, -0.25) is 4.79 Å². The van der Waals surface area contributed by atoms with Crippen LogP contribution in [0.25, 0.3) is 0 Å². The van der Waals surface area contributed by atoms with Crippen LogP contribution in [-0.2, 0) is 19.8 Å². The Morgan fingerprint density at radius 1 is 1.08 bits per heavy atom. The maximum Gasteiger partial charge on any atom is 0.326 e. The van der Waals surface area contributed by atoms with Gasteiger partial charge in [0.25, 0.3) is 10.2 Å². The molecule has 0 bridgehead atoms. The summed E-state index contributed by atoms with van der Waals surface area (Å²) in [6.45, 7) is 2.51. The van der Waals surface area contributed by atoms with Gasteiger partial charge in [-0.2, -0.15) is 17.0 Å². The summed E-state index contributed by atoms with van der Waals surface area (Å²) in [6.07, 6.45) is 2.22. The molecule has 3 rings (SSSR count). The fourth-order valence-electron chi connectivity index (χ4n) is 3.92. The zero-order chi connectivity index (χ0) is 18.4. The summed E-state index contributed by atoms with van der Waals surface area (Å²) in [5.41, 5.74) is -0.998. The summed E-state index contributed by atoms with van der Waals surface area (Å²) in [4.78, 5) is 25.4. The van der Waals surface area contributed by atoms with Crippen LogP contribution in [0.5, 0.6) is 0 Å². The summed E-state index contributed by atoms with van der Waals surface area (Å²) in [5.74, 6) is -1.78. The zero-order valence-corrected chi connectivity index (χ0v) is 15.1. The van der Waals surface area contributed by atoms with E-state index in [1.807, 2.05) is 0 Å². The molecule has 2 atom stereocenters. The first-order chi connectivity index (χ1) is 11.6. The number of carbonyl (C=O) groups is 2. The smallest absolute Gasteiger partial charge is 0.326 e. The van der Waals surface area contributed by atoms with Gasteiger partial charge in [0.1, 0.15) is 6.04 Å². The van der Waals surface area contributed by atoms with Crippen molar-refractivity contribution in [3.63, 3.8) is 0 Å². The second-order valence-electron chi connectivity index (χ2n) is 7.50. The summed E-state index contributed by atoms with van der Waals surface area (Å²) in [6, 6.07) is -0.801. The summed E-state index contributed by atoms with van der Waals surface area (Å²) >= 11 is 0. The minimum absolute atomic E-state index is 0.0532. The summed E-state index contributed by atoms with van der Waals surface area (Å²) in [5, 5.41) is 19.0. The molecular weight excluding hydrogens is 350 g/mol. The van der Waals surface area contributed by atoms with E-state index in [4.69, 9.17) is 0 Å². The van der Waals surface area contributed by atoms with E-state index in [0.29, 0.717) is 38.8 Å². The van der Waals surface area contributed by atoms with Crippen molar-refractivity contribution in [3.8, 4) is 0 Å². The van der Waals surface area contributed by atoms with E-state index in [2.05, 4.69) is 0 Å². The number of hydrogen-bond donors (Lipinski definition) is 2. The van der Waals surface area contributed by atoms with Gasteiger partial charge in [-0.05, 0) is 32.6 Å². The molecule has 0 unspecified atom stereocenters. The Morgan fingerprint density at radius 3 is 2.32 bits per heavy atom. The first-order valence-corrected chi connectivity index (χ1v) is 10.0. The molecule has 3 aliphatic rings. The average Bonchev–Trinajstić information content (AvgIpc) is 3.01. The zero-order valence-electron chi connectivity index (χ0n) is 14.3. The SMILES string of the molecule is CC1(O)CN(S(=O)(=O)N2CCC[C@H](C(=O)N3CCC[C@@H]3C(=O)O)C2)C1. The molecule has 0 saturated carbocycles. The lowest BCUT2D eigenvalue weighted by atomic mass is 9.97. The lowest BCUT2D eigenvalue weighted by molar-refractivity contribution is -0.150. The molecule has 0 aromatic carbocycles. The third-order valence-electron chi connectivity index (χ3n) is 5.24. The monoisotopic (exact) mass is 375 g/mol. The minimum atomic E-state index is -3.70. The average molecular weight is 375 g/mol. The topological polar surface area (TPSA) is 118 Å². The molecule has 0 aromatic rings. The van der Waals surface area contributed by atoms with Crippen molar-refractivity contribution in [1.82, 2.24) is 13.5 Å². The van der Waals surface area contributed by atoms with Gasteiger partial charge in [0, 0.05) is 32.7 Å². The van der Waals surface area contributed by atoms with E-state index in [9.17, 15) is 28.2 Å². The highest BCUT2D eigenvalue weighted by Gasteiger charge is 2.47. The fraction of sp³-hybridized carbons (Fsp3) is 0.867. The second-order valence-corrected chi connectivity index (χ2v) is 9.43. The highest BCUT2D eigenvalue weighted by atomic mass is 32.2. The second kappa shape index (κ2) is 6.49. The maximum atomic E-state index is 12.7. The van der Waals surface area contributed by atoms with Crippen LogP contribution in [0.4, 0.5) is 0 Å². The Kier molecular flexibility index (Phi) is 4.82. The standard InChI is InChI=1S/C15H25N3O6S/c1-15(22)9-17(10-15)25(23,24)16-6-2-4-11(8-16)13(19)18-7-3-5-12(18)14(20)21/h11-12,22H,2-10H2,1H3,(H,20,21)/t11-,12+/m0/s1. The van der Waals surface area contributed by atoms with Gasteiger partial charge in [-0.1, -0.05) is 0 Å². The van der Waals surface area contributed by atoms with Crippen molar-refractivity contribution in [1.29, 1.82) is 0 Å². The number of aliphatic hydroxyl groups is 1. The van der Waals surface area contributed by atoms with Crippen LogP contribution in [-0.4, -0.2) is 88.4 Å². The minimum Gasteiger partial charge on any atom is -0.480 e. The van der Waals surface area contributed by atoms with Gasteiger partial charge in [-0.25, -0.2) is 4.79 Å². The lowest BCUT2D eigenvalue weighted by Gasteiger charge is -2.46. The predicted molar refractivity (Wildman–Crippen MR) is 87.8 cm³/mol. The maximum absolute atomic E-state index is 12.7. The number of carboxylic acids is 1. The molecule has 3 fully saturated rings. The van der Waals surface area contributed by atoms with Crippen molar-refractivity contribution in [2.24, 2.45) is 5.92 Å². The highest BCUT2D eigenvalue weighted by Crippen LogP contribution is 2.30. The van der Waals surface area contributed by atoms with Crippen LogP contribution >= 0.6 is 0 Å². The molecule has 0 aromatic heterocycles. The first kappa shape index (κ1) is 18.6. The fourth-order valence-corrected chi connectivity index (χ4v) is 5.85. The molecule has 0 aliphatic carbocycles. The summed E-state index contributed by atoms with van der Waals surface area (Å²) < 4.78 is 27.8. The van der Waals surface area contributed by atoms with Crippen LogP contribution in [0.3, 0.4) is 0 Å². The van der Waals surface area contributed by atoms with Crippen LogP contribution in [0, 0.1) is 5.92 Å². The normalized spacial score (nSPS) is 30.9. The van der Waals surface area contributed by atoms with E-state index in [-0.39, 0.29) is 25.5 Å². The number of piperidine rings is 1. The van der Waals surface area contributed by atoms with Gasteiger partial charge < -0.3 is 15.1 Å². The van der Waals surface area contributed by atoms with Gasteiger partial charge in [0.15, 0.2) is 0 Å². The van der Waals surface area contributed by atoms with Crippen molar-refractivity contribution in [3.05, 3.63) is 0 Å². The number of carbonyl (C=O) groups excluding carboxylic acids is 1. The van der Waals surface area contributed by atoms with Crippen molar-refractivity contribution >= 4 is 22.1 Å². The molecule has 2 N–H and O–H groups in total. The number of β-amino-alcohol motifs (C(OH)–C–C–N with tert-alkyl or cyclic N) is 1. The quantitative estimate of drug-likeness (QED) is 0.656. The van der Waals surface area contributed by atoms with E-state index < -0.39 is 33.7 Å². The molecule has 0 radical (unpaired) electrons. The number of rotatable bonds is 4. The number of aliphatic carboxylic acids is 1. The Morgan fingerprint density at radius 2 is 1.72 bits per heavy atom. The van der Waals surface area contributed by atoms with Crippen molar-refractivity contribution < 1.29 is 28.2 Å². The van der Waals surface area contributed by atoms with E-state index in [0.717, 1.165) is 0 Å². The highest BCUT2D eigenvalue weighted by molar-refractivity contribution is 7.86. The van der Waals surface area contributed by atoms with Crippen LogP contribution < -0.4 is 0 Å². The first-order valence-electron chi connectivity index (χ1n) is 8.63. The van der Waals surface area contributed by atoms with Crippen LogP contribution in [0.1, 0.15) is 32.6 Å².